The van der Waals surface area contributed by atoms with Crippen LogP contribution in [0.2, 0.25) is 5.02 Å². The van der Waals surface area contributed by atoms with Crippen molar-refractivity contribution < 1.29 is 0 Å². The Morgan fingerprint density at radius 3 is 2.60 bits per heavy atom. The first-order valence-corrected chi connectivity index (χ1v) is 5.04. The highest BCUT2D eigenvalue weighted by Crippen LogP contribution is 2.26. The standard InChI is InChI=1S/C11H12ClN3/c1-7-6-15(14-8(7)2)11-9(12)4-3-5-10(11)13/h3-6H,13H2,1-2H3. The first kappa shape index (κ1) is 10.1. The molecule has 1 heterocycles. The summed E-state index contributed by atoms with van der Waals surface area (Å²) in [7, 11) is 0. The maximum absolute atomic E-state index is 6.08. The van der Waals surface area contributed by atoms with E-state index in [2.05, 4.69) is 5.10 Å². The highest BCUT2D eigenvalue weighted by Gasteiger charge is 2.09. The number of anilines is 1. The molecule has 0 atom stereocenters. The molecule has 2 N–H and O–H groups in total. The SMILES string of the molecule is Cc1cn(-c2c(N)cccc2Cl)nc1C. The predicted molar refractivity (Wildman–Crippen MR) is 62.5 cm³/mol. The van der Waals surface area contributed by atoms with Crippen LogP contribution in [0.4, 0.5) is 5.69 Å². The van der Waals surface area contributed by atoms with E-state index in [0.29, 0.717) is 10.7 Å². The molecular weight excluding hydrogens is 210 g/mol. The highest BCUT2D eigenvalue weighted by molar-refractivity contribution is 6.32. The van der Waals surface area contributed by atoms with Crippen molar-refractivity contribution in [1.29, 1.82) is 0 Å². The zero-order chi connectivity index (χ0) is 11.0. The number of hydrogen-bond acceptors (Lipinski definition) is 2. The van der Waals surface area contributed by atoms with E-state index in [-0.39, 0.29) is 0 Å². The quantitative estimate of drug-likeness (QED) is 0.753. The molecule has 2 aromatic rings. The molecule has 1 aromatic heterocycles. The average molecular weight is 222 g/mol. The predicted octanol–water partition coefficient (Wildman–Crippen LogP) is 2.72. The number of nitrogens with zero attached hydrogens (tertiary/aromatic N) is 2. The van der Waals surface area contributed by atoms with Gasteiger partial charge in [-0.05, 0) is 31.5 Å². The van der Waals surface area contributed by atoms with Crippen LogP contribution < -0.4 is 5.73 Å². The number of hydrogen-bond donors (Lipinski definition) is 1. The molecule has 0 aliphatic carbocycles. The molecule has 78 valence electrons. The van der Waals surface area contributed by atoms with E-state index in [9.17, 15) is 0 Å². The lowest BCUT2D eigenvalue weighted by molar-refractivity contribution is 0.865. The minimum absolute atomic E-state index is 0.609. The molecule has 0 spiro atoms. The molecule has 2 rings (SSSR count). The number of nitrogens with two attached hydrogens (primary N) is 1. The van der Waals surface area contributed by atoms with Crippen molar-refractivity contribution in [1.82, 2.24) is 9.78 Å². The molecule has 0 fully saturated rings. The van der Waals surface area contributed by atoms with Gasteiger partial charge in [0.05, 0.1) is 16.4 Å². The van der Waals surface area contributed by atoms with Gasteiger partial charge in [0.25, 0.3) is 0 Å². The monoisotopic (exact) mass is 221 g/mol. The van der Waals surface area contributed by atoms with Crippen molar-refractivity contribution in [3.05, 3.63) is 40.7 Å². The Labute approximate surface area is 93.5 Å². The molecule has 0 saturated carbocycles. The molecule has 0 amide bonds. The summed E-state index contributed by atoms with van der Waals surface area (Å²) in [6.45, 7) is 3.96. The van der Waals surface area contributed by atoms with E-state index < -0.39 is 0 Å². The molecule has 0 aliphatic rings. The number of nitrogen functional groups attached to an aromatic ring is 1. The average Bonchev–Trinajstić information content (AvgIpc) is 2.46. The summed E-state index contributed by atoms with van der Waals surface area (Å²) in [5, 5.41) is 4.96. The summed E-state index contributed by atoms with van der Waals surface area (Å²) in [6.07, 6.45) is 1.92. The molecule has 0 bridgehead atoms. The van der Waals surface area contributed by atoms with Crippen LogP contribution >= 0.6 is 11.6 Å². The second kappa shape index (κ2) is 3.59. The Kier molecular flexibility index (Phi) is 2.40. The number of aryl methyl sites for hydroxylation is 2. The van der Waals surface area contributed by atoms with Crippen LogP contribution in [-0.2, 0) is 0 Å². The topological polar surface area (TPSA) is 43.8 Å². The van der Waals surface area contributed by atoms with Gasteiger partial charge in [-0.25, -0.2) is 4.68 Å². The number of rotatable bonds is 1. The van der Waals surface area contributed by atoms with Gasteiger partial charge < -0.3 is 5.73 Å². The smallest absolute Gasteiger partial charge is 0.106 e. The third-order valence-corrected chi connectivity index (χ3v) is 2.70. The van der Waals surface area contributed by atoms with Crippen molar-refractivity contribution in [3.63, 3.8) is 0 Å². The molecule has 1 aromatic carbocycles. The Bertz CT molecular complexity index is 463. The van der Waals surface area contributed by atoms with Gasteiger partial charge in [0, 0.05) is 6.20 Å². The Balaban J connectivity index is 2.63. The summed E-state index contributed by atoms with van der Waals surface area (Å²) < 4.78 is 1.72. The normalized spacial score (nSPS) is 10.6. The van der Waals surface area contributed by atoms with E-state index in [0.717, 1.165) is 16.9 Å². The lowest BCUT2D eigenvalue weighted by Crippen LogP contribution is -2.01. The first-order chi connectivity index (χ1) is 7.09. The zero-order valence-electron chi connectivity index (χ0n) is 8.66. The van der Waals surface area contributed by atoms with Gasteiger partial charge in [-0.1, -0.05) is 17.7 Å². The van der Waals surface area contributed by atoms with Crippen LogP contribution in [0.15, 0.2) is 24.4 Å². The Hall–Kier alpha value is -1.48. The molecule has 4 heteroatoms. The molecule has 15 heavy (non-hydrogen) atoms. The molecule has 0 unspecified atom stereocenters. The van der Waals surface area contributed by atoms with Crippen molar-refractivity contribution in [2.45, 2.75) is 13.8 Å². The van der Waals surface area contributed by atoms with Gasteiger partial charge in [0.15, 0.2) is 0 Å². The number of benzene rings is 1. The Morgan fingerprint density at radius 2 is 2.07 bits per heavy atom. The van der Waals surface area contributed by atoms with Crippen molar-refractivity contribution >= 4 is 17.3 Å². The Morgan fingerprint density at radius 1 is 1.33 bits per heavy atom. The fourth-order valence-electron chi connectivity index (χ4n) is 1.43. The van der Waals surface area contributed by atoms with Gasteiger partial charge in [-0.15, -0.1) is 0 Å². The minimum Gasteiger partial charge on any atom is -0.397 e. The maximum atomic E-state index is 6.08. The lowest BCUT2D eigenvalue weighted by atomic mass is 10.2. The second-order valence-electron chi connectivity index (χ2n) is 3.52. The van der Waals surface area contributed by atoms with Gasteiger partial charge in [0.1, 0.15) is 5.69 Å². The molecule has 0 radical (unpaired) electrons. The molecule has 3 nitrogen and oxygen atoms in total. The van der Waals surface area contributed by atoms with Crippen LogP contribution in [0.1, 0.15) is 11.3 Å². The van der Waals surface area contributed by atoms with E-state index in [4.69, 9.17) is 17.3 Å². The van der Waals surface area contributed by atoms with Crippen molar-refractivity contribution in [2.24, 2.45) is 0 Å². The van der Waals surface area contributed by atoms with Gasteiger partial charge >= 0.3 is 0 Å². The number of para-hydroxylation sites is 1. The largest absolute Gasteiger partial charge is 0.397 e. The third-order valence-electron chi connectivity index (χ3n) is 2.39. The van der Waals surface area contributed by atoms with Gasteiger partial charge in [-0.3, -0.25) is 0 Å². The fraction of sp³-hybridized carbons (Fsp3) is 0.182. The van der Waals surface area contributed by atoms with E-state index in [1.54, 1.807) is 10.7 Å². The van der Waals surface area contributed by atoms with Crippen molar-refractivity contribution in [2.75, 3.05) is 5.73 Å². The summed E-state index contributed by atoms with van der Waals surface area (Å²) in [5.74, 6) is 0. The van der Waals surface area contributed by atoms with Gasteiger partial charge in [0.2, 0.25) is 0 Å². The van der Waals surface area contributed by atoms with E-state index in [1.165, 1.54) is 0 Å². The third kappa shape index (κ3) is 1.70. The maximum Gasteiger partial charge on any atom is 0.106 e. The molecular formula is C11H12ClN3. The van der Waals surface area contributed by atoms with Crippen LogP contribution in [0, 0.1) is 13.8 Å². The lowest BCUT2D eigenvalue weighted by Gasteiger charge is -2.07. The van der Waals surface area contributed by atoms with E-state index in [1.807, 2.05) is 32.2 Å². The first-order valence-electron chi connectivity index (χ1n) is 4.67. The van der Waals surface area contributed by atoms with Crippen molar-refractivity contribution in [3.8, 4) is 5.69 Å². The summed E-state index contributed by atoms with van der Waals surface area (Å²) in [5.41, 5.74) is 9.34. The van der Waals surface area contributed by atoms with Crippen LogP contribution in [-0.4, -0.2) is 9.78 Å². The minimum atomic E-state index is 0.609. The summed E-state index contributed by atoms with van der Waals surface area (Å²) >= 11 is 6.08. The zero-order valence-corrected chi connectivity index (χ0v) is 9.42. The van der Waals surface area contributed by atoms with Crippen LogP contribution in [0.25, 0.3) is 5.69 Å². The number of aromatic nitrogens is 2. The second-order valence-corrected chi connectivity index (χ2v) is 3.93. The summed E-state index contributed by atoms with van der Waals surface area (Å²) in [4.78, 5) is 0. The van der Waals surface area contributed by atoms with Gasteiger partial charge in [-0.2, -0.15) is 5.10 Å². The molecule has 0 saturated heterocycles. The summed E-state index contributed by atoms with van der Waals surface area (Å²) in [6, 6.07) is 5.44. The molecule has 0 aliphatic heterocycles. The number of halogens is 1. The highest BCUT2D eigenvalue weighted by atomic mass is 35.5. The van der Waals surface area contributed by atoms with Crippen LogP contribution in [0.3, 0.4) is 0 Å². The van der Waals surface area contributed by atoms with Crippen LogP contribution in [0.5, 0.6) is 0 Å². The fourth-order valence-corrected chi connectivity index (χ4v) is 1.70. The van der Waals surface area contributed by atoms with E-state index >= 15 is 0 Å².